The summed E-state index contributed by atoms with van der Waals surface area (Å²) in [6.07, 6.45) is 1.18. The van der Waals surface area contributed by atoms with Crippen LogP contribution in [-0.2, 0) is 4.79 Å². The van der Waals surface area contributed by atoms with Crippen LogP contribution in [0.15, 0.2) is 47.6 Å². The Morgan fingerprint density at radius 3 is 2.48 bits per heavy atom. The molecule has 31 heavy (non-hydrogen) atoms. The summed E-state index contributed by atoms with van der Waals surface area (Å²) in [6, 6.07) is 11.5. The predicted octanol–water partition coefficient (Wildman–Crippen LogP) is 1.14. The molecule has 0 bridgehead atoms. The van der Waals surface area contributed by atoms with E-state index < -0.39 is 6.29 Å². The molecule has 0 radical (unpaired) electrons. The first-order valence-electron chi connectivity index (χ1n) is 10.3. The zero-order valence-corrected chi connectivity index (χ0v) is 18.0. The lowest BCUT2D eigenvalue weighted by atomic mass is 10.1. The normalized spacial score (nSPS) is 23.4. The molecule has 6 N–H and O–H groups in total. The predicted molar refractivity (Wildman–Crippen MR) is 123 cm³/mol. The van der Waals surface area contributed by atoms with Crippen LogP contribution in [-0.4, -0.2) is 53.2 Å². The number of carbonyl (C=O) groups is 1. The Morgan fingerprint density at radius 1 is 1.16 bits per heavy atom. The molecule has 3 unspecified atom stereocenters. The van der Waals surface area contributed by atoms with Crippen molar-refractivity contribution in [2.45, 2.75) is 39.1 Å². The molecule has 10 nitrogen and oxygen atoms in total. The maximum Gasteiger partial charge on any atom is 0.220 e. The van der Waals surface area contributed by atoms with Gasteiger partial charge in [-0.1, -0.05) is 0 Å². The van der Waals surface area contributed by atoms with Crippen molar-refractivity contribution in [3.8, 4) is 0 Å². The highest BCUT2D eigenvalue weighted by Gasteiger charge is 2.32. The van der Waals surface area contributed by atoms with Crippen LogP contribution in [0.2, 0.25) is 0 Å². The van der Waals surface area contributed by atoms with Crippen LogP contribution in [0.5, 0.6) is 0 Å². The van der Waals surface area contributed by atoms with E-state index in [4.69, 9.17) is 11.5 Å². The molecule has 1 aromatic heterocycles. The molecule has 164 valence electrons. The second-order valence-corrected chi connectivity index (χ2v) is 8.02. The lowest BCUT2D eigenvalue weighted by Gasteiger charge is -2.44. The number of nitrogens with two attached hydrogens (primary N) is 2. The summed E-state index contributed by atoms with van der Waals surface area (Å²) in [7, 11) is 0. The van der Waals surface area contributed by atoms with Crippen molar-refractivity contribution in [1.29, 1.82) is 0 Å². The molecular weight excluding hydrogens is 394 g/mol. The number of nitrogen functional groups attached to an aromatic ring is 1. The van der Waals surface area contributed by atoms with Crippen molar-refractivity contribution in [2.75, 3.05) is 34.0 Å². The molecule has 3 atom stereocenters. The second kappa shape index (κ2) is 8.31. The van der Waals surface area contributed by atoms with Gasteiger partial charge in [0, 0.05) is 55.7 Å². The summed E-state index contributed by atoms with van der Waals surface area (Å²) < 4.78 is 0. The van der Waals surface area contributed by atoms with Gasteiger partial charge in [-0.15, -0.1) is 0 Å². The molecule has 0 saturated carbocycles. The van der Waals surface area contributed by atoms with Crippen molar-refractivity contribution in [3.63, 3.8) is 0 Å². The van der Waals surface area contributed by atoms with Gasteiger partial charge in [-0.2, -0.15) is 0 Å². The van der Waals surface area contributed by atoms with Gasteiger partial charge >= 0.3 is 0 Å². The number of pyridine rings is 1. The number of hydrogen-bond donors (Lipinski definition) is 4. The number of rotatable bonds is 3. The highest BCUT2D eigenvalue weighted by atomic mass is 16.2. The average Bonchev–Trinajstić information content (AvgIpc) is 3.09. The molecule has 1 saturated heterocycles. The van der Waals surface area contributed by atoms with E-state index >= 15 is 0 Å². The van der Waals surface area contributed by atoms with E-state index in [2.05, 4.69) is 39.5 Å². The van der Waals surface area contributed by atoms with Crippen LogP contribution >= 0.6 is 0 Å². The minimum Gasteiger partial charge on any atom is -0.399 e. The molecule has 1 fully saturated rings. The fourth-order valence-electron chi connectivity index (χ4n) is 4.24. The zero-order chi connectivity index (χ0) is 22.1. The number of carbonyl (C=O) groups excluding carboxylic acids is 1. The number of nitrogens with one attached hydrogen (secondary N) is 2. The number of aliphatic imine (C=N–C) groups is 1. The number of aromatic nitrogens is 1. The second-order valence-electron chi connectivity index (χ2n) is 8.02. The van der Waals surface area contributed by atoms with Gasteiger partial charge in [0.25, 0.3) is 0 Å². The van der Waals surface area contributed by atoms with E-state index in [9.17, 15) is 4.79 Å². The standard InChI is InChI=1S/C21H29N9O/c1-13-11-28(12-14(2)29(13)15(3)31)19-10-18(8-9-24-19)30-20(23)26-21(27-30)25-17-6-4-16(22)5-7-17/h4-10,13-14,20H,11-12,22-23H2,1-3H3,(H2,25,26,27). The first-order valence-corrected chi connectivity index (χ1v) is 10.3. The Morgan fingerprint density at radius 2 is 1.84 bits per heavy atom. The van der Waals surface area contributed by atoms with Crippen LogP contribution in [0.4, 0.5) is 22.9 Å². The molecule has 0 spiro atoms. The van der Waals surface area contributed by atoms with Crippen LogP contribution in [0.1, 0.15) is 20.8 Å². The highest BCUT2D eigenvalue weighted by Crippen LogP contribution is 2.26. The van der Waals surface area contributed by atoms with Crippen LogP contribution in [0.25, 0.3) is 0 Å². The monoisotopic (exact) mass is 423 g/mol. The third kappa shape index (κ3) is 4.33. The van der Waals surface area contributed by atoms with Gasteiger partial charge in [0.15, 0.2) is 6.29 Å². The number of hydrogen-bond acceptors (Lipinski definition) is 9. The number of anilines is 4. The van der Waals surface area contributed by atoms with Gasteiger partial charge in [0.1, 0.15) is 5.82 Å². The van der Waals surface area contributed by atoms with Crippen LogP contribution in [0, 0.1) is 0 Å². The summed E-state index contributed by atoms with van der Waals surface area (Å²) in [5, 5.41) is 4.98. The van der Waals surface area contributed by atoms with Crippen molar-refractivity contribution < 1.29 is 4.79 Å². The Balaban J connectivity index is 1.46. The minimum absolute atomic E-state index is 0.104. The fraction of sp³-hybridized carbons (Fsp3) is 0.381. The van der Waals surface area contributed by atoms with Crippen LogP contribution < -0.4 is 32.1 Å². The number of benzene rings is 1. The highest BCUT2D eigenvalue weighted by molar-refractivity contribution is 5.96. The van der Waals surface area contributed by atoms with Gasteiger partial charge < -0.3 is 20.9 Å². The first kappa shape index (κ1) is 20.7. The van der Waals surface area contributed by atoms with Gasteiger partial charge in [0.05, 0.1) is 5.69 Å². The van der Waals surface area contributed by atoms with E-state index in [0.29, 0.717) is 11.6 Å². The third-order valence-corrected chi connectivity index (χ3v) is 5.54. The Bertz CT molecular complexity index is 965. The third-order valence-electron chi connectivity index (χ3n) is 5.54. The summed E-state index contributed by atoms with van der Waals surface area (Å²) in [6.45, 7) is 7.20. The topological polar surface area (TPSA) is 128 Å². The Hall–Kier alpha value is -3.53. The number of piperazine rings is 1. The molecule has 10 heteroatoms. The molecule has 1 amide bonds. The minimum atomic E-state index is -0.584. The smallest absolute Gasteiger partial charge is 0.220 e. The largest absolute Gasteiger partial charge is 0.399 e. The molecule has 4 rings (SSSR count). The van der Waals surface area contributed by atoms with Gasteiger partial charge in [0.2, 0.25) is 11.9 Å². The molecule has 1 aromatic carbocycles. The summed E-state index contributed by atoms with van der Waals surface area (Å²) >= 11 is 0. The fourth-order valence-corrected chi connectivity index (χ4v) is 4.24. The summed E-state index contributed by atoms with van der Waals surface area (Å²) in [5.41, 5.74) is 17.6. The van der Waals surface area contributed by atoms with E-state index in [1.165, 1.54) is 0 Å². The lowest BCUT2D eigenvalue weighted by molar-refractivity contribution is -0.133. The zero-order valence-electron chi connectivity index (χ0n) is 18.0. The number of guanidine groups is 1. The SMILES string of the molecule is CC(=O)N1C(C)CN(c2cc(N3NC(Nc4ccc(N)cc4)=NC3N)ccn2)CC1C. The number of nitrogens with zero attached hydrogens (tertiary/aromatic N) is 5. The maximum atomic E-state index is 11.9. The van der Waals surface area contributed by atoms with Gasteiger partial charge in [-0.25, -0.2) is 15.0 Å². The Kier molecular flexibility index (Phi) is 5.55. The molecular formula is C21H29N9O. The lowest BCUT2D eigenvalue weighted by Crippen LogP contribution is -2.58. The van der Waals surface area contributed by atoms with E-state index in [-0.39, 0.29) is 18.0 Å². The summed E-state index contributed by atoms with van der Waals surface area (Å²) in [4.78, 5) is 25.1. The average molecular weight is 424 g/mol. The van der Waals surface area contributed by atoms with Crippen molar-refractivity contribution in [1.82, 2.24) is 15.3 Å². The van der Waals surface area contributed by atoms with E-state index in [0.717, 1.165) is 30.3 Å². The molecule has 2 aromatic rings. The van der Waals surface area contributed by atoms with E-state index in [1.807, 2.05) is 41.3 Å². The summed E-state index contributed by atoms with van der Waals surface area (Å²) in [5.74, 6) is 1.49. The van der Waals surface area contributed by atoms with Crippen molar-refractivity contribution in [3.05, 3.63) is 42.6 Å². The van der Waals surface area contributed by atoms with E-state index in [1.54, 1.807) is 18.1 Å². The molecule has 3 heterocycles. The van der Waals surface area contributed by atoms with Crippen molar-refractivity contribution in [2.24, 2.45) is 10.7 Å². The molecule has 2 aliphatic rings. The first-order chi connectivity index (χ1) is 14.8. The Labute approximate surface area is 181 Å². The quantitative estimate of drug-likeness (QED) is 0.541. The maximum absolute atomic E-state index is 11.9. The number of amides is 1. The van der Waals surface area contributed by atoms with Gasteiger partial charge in [-0.05, 0) is 44.2 Å². The van der Waals surface area contributed by atoms with Gasteiger partial charge in [-0.3, -0.25) is 16.0 Å². The molecule has 0 aliphatic carbocycles. The number of hydrazine groups is 1. The molecule has 2 aliphatic heterocycles. The van der Waals surface area contributed by atoms with Crippen LogP contribution in [0.3, 0.4) is 0 Å². The van der Waals surface area contributed by atoms with Crippen molar-refractivity contribution >= 4 is 34.7 Å².